The number of rotatable bonds is 5. The molecule has 2 N–H and O–H groups in total. The highest BCUT2D eigenvalue weighted by atomic mass is 16.5. The van der Waals surface area contributed by atoms with Crippen molar-refractivity contribution in [1.82, 2.24) is 20.5 Å². The fourth-order valence-electron chi connectivity index (χ4n) is 2.83. The minimum Gasteiger partial charge on any atom is -0.484 e. The molecule has 2 aromatic rings. The number of nitrogens with zero attached hydrogens (tertiary/aromatic N) is 2. The van der Waals surface area contributed by atoms with Crippen molar-refractivity contribution in [3.63, 3.8) is 0 Å². The number of hydrogen-bond donors (Lipinski definition) is 2. The summed E-state index contributed by atoms with van der Waals surface area (Å²) in [5.74, 6) is 1.84. The summed E-state index contributed by atoms with van der Waals surface area (Å²) < 4.78 is 11.3. The highest BCUT2D eigenvalue weighted by Gasteiger charge is 2.33. The van der Waals surface area contributed by atoms with Crippen molar-refractivity contribution < 1.29 is 14.3 Å². The first-order chi connectivity index (χ1) is 11.5. The van der Waals surface area contributed by atoms with Gasteiger partial charge in [-0.1, -0.05) is 17.7 Å². The SMILES string of the molecule is Cc1ccc(OCC(=O)N[C@H]2CCO[C@H]2c2n[nH]c(C)n2)c(C)c1. The Bertz CT molecular complexity index is 728. The second-order valence-electron chi connectivity index (χ2n) is 6.09. The van der Waals surface area contributed by atoms with E-state index in [2.05, 4.69) is 20.5 Å². The molecule has 0 radical (unpaired) electrons. The summed E-state index contributed by atoms with van der Waals surface area (Å²) in [5, 5.41) is 9.88. The van der Waals surface area contributed by atoms with Gasteiger partial charge in [0.25, 0.3) is 5.91 Å². The van der Waals surface area contributed by atoms with E-state index in [0.29, 0.717) is 12.4 Å². The zero-order valence-corrected chi connectivity index (χ0v) is 14.1. The van der Waals surface area contributed by atoms with Gasteiger partial charge in [-0.15, -0.1) is 0 Å². The molecular formula is C17H22N4O3. The van der Waals surface area contributed by atoms with Crippen LogP contribution in [0.3, 0.4) is 0 Å². The van der Waals surface area contributed by atoms with E-state index in [9.17, 15) is 4.79 Å². The Morgan fingerprint density at radius 1 is 1.42 bits per heavy atom. The van der Waals surface area contributed by atoms with Crippen LogP contribution in [0, 0.1) is 20.8 Å². The van der Waals surface area contributed by atoms with Crippen LogP contribution in [-0.2, 0) is 9.53 Å². The molecule has 1 fully saturated rings. The molecule has 1 saturated heterocycles. The molecule has 0 aliphatic carbocycles. The Hall–Kier alpha value is -2.41. The topological polar surface area (TPSA) is 89.1 Å². The van der Waals surface area contributed by atoms with E-state index in [1.165, 1.54) is 0 Å². The predicted molar refractivity (Wildman–Crippen MR) is 87.8 cm³/mol. The number of ether oxygens (including phenoxy) is 2. The van der Waals surface area contributed by atoms with Crippen molar-refractivity contribution in [3.8, 4) is 5.75 Å². The third-order valence-corrected chi connectivity index (χ3v) is 4.00. The van der Waals surface area contributed by atoms with Gasteiger partial charge in [-0.2, -0.15) is 5.10 Å². The number of hydrogen-bond acceptors (Lipinski definition) is 5. The molecule has 7 heteroatoms. The molecule has 0 saturated carbocycles. The lowest BCUT2D eigenvalue weighted by molar-refractivity contribution is -0.124. The minimum absolute atomic E-state index is 0.0276. The number of aromatic nitrogens is 3. The molecule has 0 spiro atoms. The van der Waals surface area contributed by atoms with Gasteiger partial charge in [0.15, 0.2) is 12.4 Å². The van der Waals surface area contributed by atoms with Crippen LogP contribution in [0.5, 0.6) is 5.75 Å². The number of amides is 1. The monoisotopic (exact) mass is 330 g/mol. The zero-order chi connectivity index (χ0) is 17.1. The molecule has 2 heterocycles. The van der Waals surface area contributed by atoms with E-state index in [1.54, 1.807) is 0 Å². The summed E-state index contributed by atoms with van der Waals surface area (Å²) in [6, 6.07) is 5.73. The van der Waals surface area contributed by atoms with Crippen LogP contribution in [0.4, 0.5) is 0 Å². The Kier molecular flexibility index (Phi) is 4.80. The molecule has 3 rings (SSSR count). The van der Waals surface area contributed by atoms with Gasteiger partial charge in [0, 0.05) is 6.61 Å². The van der Waals surface area contributed by atoms with Crippen molar-refractivity contribution in [2.75, 3.05) is 13.2 Å². The van der Waals surface area contributed by atoms with E-state index in [4.69, 9.17) is 9.47 Å². The standard InChI is InChI=1S/C17H22N4O3/c1-10-4-5-14(11(2)8-10)24-9-15(22)19-13-6-7-23-16(13)17-18-12(3)20-21-17/h4-5,8,13,16H,6-7,9H2,1-3H3,(H,19,22)(H,18,20,21)/t13-,16+/m0/s1. The molecule has 1 amide bonds. The lowest BCUT2D eigenvalue weighted by Crippen LogP contribution is -2.39. The average molecular weight is 330 g/mol. The van der Waals surface area contributed by atoms with Crippen LogP contribution >= 0.6 is 0 Å². The highest BCUT2D eigenvalue weighted by molar-refractivity contribution is 5.78. The largest absolute Gasteiger partial charge is 0.484 e. The van der Waals surface area contributed by atoms with Crippen LogP contribution in [0.1, 0.15) is 35.3 Å². The molecule has 0 bridgehead atoms. The molecule has 1 aromatic carbocycles. The maximum absolute atomic E-state index is 12.2. The molecule has 1 aromatic heterocycles. The van der Waals surface area contributed by atoms with Gasteiger partial charge >= 0.3 is 0 Å². The molecule has 7 nitrogen and oxygen atoms in total. The molecule has 1 aliphatic rings. The van der Waals surface area contributed by atoms with Crippen molar-refractivity contribution >= 4 is 5.91 Å². The van der Waals surface area contributed by atoms with E-state index in [1.807, 2.05) is 39.0 Å². The van der Waals surface area contributed by atoms with Crippen LogP contribution < -0.4 is 10.1 Å². The second kappa shape index (κ2) is 7.00. The van der Waals surface area contributed by atoms with E-state index < -0.39 is 0 Å². The molecule has 128 valence electrons. The Morgan fingerprint density at radius 3 is 2.96 bits per heavy atom. The molecular weight excluding hydrogens is 308 g/mol. The molecule has 24 heavy (non-hydrogen) atoms. The summed E-state index contributed by atoms with van der Waals surface area (Å²) in [4.78, 5) is 16.5. The third-order valence-electron chi connectivity index (χ3n) is 4.00. The Morgan fingerprint density at radius 2 is 2.25 bits per heavy atom. The lowest BCUT2D eigenvalue weighted by Gasteiger charge is -2.18. The maximum Gasteiger partial charge on any atom is 0.258 e. The fourth-order valence-corrected chi connectivity index (χ4v) is 2.83. The number of carbonyl (C=O) groups excluding carboxylic acids is 1. The number of H-pyrrole nitrogens is 1. The summed E-state index contributed by atoms with van der Waals surface area (Å²) in [7, 11) is 0. The number of carbonyl (C=O) groups is 1. The van der Waals surface area contributed by atoms with Gasteiger partial charge in [-0.05, 0) is 38.8 Å². The smallest absolute Gasteiger partial charge is 0.258 e. The van der Waals surface area contributed by atoms with Crippen LogP contribution in [0.25, 0.3) is 0 Å². The quantitative estimate of drug-likeness (QED) is 0.872. The van der Waals surface area contributed by atoms with Crippen molar-refractivity contribution in [2.45, 2.75) is 39.3 Å². The first-order valence-corrected chi connectivity index (χ1v) is 8.03. The van der Waals surface area contributed by atoms with E-state index >= 15 is 0 Å². The predicted octanol–water partition coefficient (Wildman–Crippen LogP) is 1.76. The van der Waals surface area contributed by atoms with Gasteiger partial charge in [-0.3, -0.25) is 9.89 Å². The maximum atomic E-state index is 12.2. The number of aromatic amines is 1. The van der Waals surface area contributed by atoms with Crippen molar-refractivity contribution in [2.24, 2.45) is 0 Å². The summed E-state index contributed by atoms with van der Waals surface area (Å²) in [6.07, 6.45) is 0.410. The van der Waals surface area contributed by atoms with Gasteiger partial charge in [0.2, 0.25) is 0 Å². The highest BCUT2D eigenvalue weighted by Crippen LogP contribution is 2.26. The minimum atomic E-state index is -0.319. The van der Waals surface area contributed by atoms with E-state index in [-0.39, 0.29) is 24.7 Å². The lowest BCUT2D eigenvalue weighted by atomic mass is 10.1. The van der Waals surface area contributed by atoms with Crippen LogP contribution in [0.15, 0.2) is 18.2 Å². The molecule has 2 atom stereocenters. The van der Waals surface area contributed by atoms with Gasteiger partial charge in [0.05, 0.1) is 6.04 Å². The number of benzene rings is 1. The Labute approximate surface area is 140 Å². The van der Waals surface area contributed by atoms with Gasteiger partial charge < -0.3 is 14.8 Å². The van der Waals surface area contributed by atoms with Crippen LogP contribution in [0.2, 0.25) is 0 Å². The third kappa shape index (κ3) is 3.73. The Balaban J connectivity index is 1.56. The average Bonchev–Trinajstić information content (AvgIpc) is 3.15. The zero-order valence-electron chi connectivity index (χ0n) is 14.1. The second-order valence-corrected chi connectivity index (χ2v) is 6.09. The van der Waals surface area contributed by atoms with Crippen molar-refractivity contribution in [1.29, 1.82) is 0 Å². The van der Waals surface area contributed by atoms with Crippen molar-refractivity contribution in [3.05, 3.63) is 41.0 Å². The summed E-state index contributed by atoms with van der Waals surface area (Å²) in [5.41, 5.74) is 2.18. The normalized spacial score (nSPS) is 20.1. The van der Waals surface area contributed by atoms with Gasteiger partial charge in [0.1, 0.15) is 17.7 Å². The van der Waals surface area contributed by atoms with Gasteiger partial charge in [-0.25, -0.2) is 4.98 Å². The van der Waals surface area contributed by atoms with Crippen LogP contribution in [-0.4, -0.2) is 40.3 Å². The number of aryl methyl sites for hydroxylation is 3. The molecule has 0 unspecified atom stereocenters. The fraction of sp³-hybridized carbons (Fsp3) is 0.471. The first-order valence-electron chi connectivity index (χ1n) is 8.03. The summed E-state index contributed by atoms with van der Waals surface area (Å²) in [6.45, 7) is 6.36. The molecule has 1 aliphatic heterocycles. The van der Waals surface area contributed by atoms with E-state index in [0.717, 1.165) is 29.1 Å². The summed E-state index contributed by atoms with van der Waals surface area (Å²) >= 11 is 0. The number of nitrogens with one attached hydrogen (secondary N) is 2. The first kappa shape index (κ1) is 16.4.